The third kappa shape index (κ3) is 1.93. The van der Waals surface area contributed by atoms with Crippen LogP contribution in [0.5, 0.6) is 0 Å². The first-order valence-electron chi connectivity index (χ1n) is 7.87. The van der Waals surface area contributed by atoms with Crippen molar-refractivity contribution in [2.75, 3.05) is 4.90 Å². The van der Waals surface area contributed by atoms with Crippen molar-refractivity contribution in [1.29, 1.82) is 0 Å². The fourth-order valence-electron chi connectivity index (χ4n) is 3.36. The predicted molar refractivity (Wildman–Crippen MR) is 97.8 cm³/mol. The Morgan fingerprint density at radius 3 is 2.67 bits per heavy atom. The van der Waals surface area contributed by atoms with E-state index in [0.717, 1.165) is 34.1 Å². The first-order valence-corrected chi connectivity index (χ1v) is 8.74. The third-order valence-electron chi connectivity index (χ3n) is 4.54. The number of thiophene rings is 1. The van der Waals surface area contributed by atoms with Crippen LogP contribution in [0.1, 0.15) is 21.5 Å². The van der Waals surface area contributed by atoms with Gasteiger partial charge in [-0.25, -0.2) is 0 Å². The summed E-state index contributed by atoms with van der Waals surface area (Å²) < 4.78 is 0. The zero-order valence-corrected chi connectivity index (χ0v) is 13.6. The lowest BCUT2D eigenvalue weighted by Gasteiger charge is -2.35. The van der Waals surface area contributed by atoms with E-state index in [0.29, 0.717) is 0 Å². The molecule has 2 aliphatic heterocycles. The summed E-state index contributed by atoms with van der Waals surface area (Å²) in [5, 5.41) is 6.18. The second kappa shape index (κ2) is 5.08. The molecule has 0 unspecified atom stereocenters. The number of amides is 1. The van der Waals surface area contributed by atoms with Crippen LogP contribution in [0.4, 0.5) is 5.00 Å². The number of hydrogen-bond acceptors (Lipinski definition) is 3. The van der Waals surface area contributed by atoms with E-state index >= 15 is 0 Å². The standard InChI is InChI=1S/C20H14N2OS/c23-19-18-16(13-6-2-1-3-7-13)12-24-20(18)22-11-15-9-5-4-8-14(15)10-17(22)21-19/h1-10,12H,11H2,(H,21,23). The number of hydrogen-bond donors (Lipinski definition) is 1. The van der Waals surface area contributed by atoms with Crippen molar-refractivity contribution in [1.82, 2.24) is 5.32 Å². The molecule has 3 heterocycles. The zero-order valence-electron chi connectivity index (χ0n) is 12.8. The molecule has 0 bridgehead atoms. The zero-order chi connectivity index (χ0) is 16.1. The van der Waals surface area contributed by atoms with Gasteiger partial charge in [-0.3, -0.25) is 4.79 Å². The maximum atomic E-state index is 12.7. The Labute approximate surface area is 143 Å². The van der Waals surface area contributed by atoms with Crippen LogP contribution in [0.2, 0.25) is 0 Å². The number of carbonyl (C=O) groups excluding carboxylic acids is 1. The Hall–Kier alpha value is -2.85. The molecule has 24 heavy (non-hydrogen) atoms. The van der Waals surface area contributed by atoms with Gasteiger partial charge in [0.2, 0.25) is 0 Å². The van der Waals surface area contributed by atoms with Crippen LogP contribution < -0.4 is 10.2 Å². The summed E-state index contributed by atoms with van der Waals surface area (Å²) in [6.07, 6.45) is 2.06. The van der Waals surface area contributed by atoms with Crippen molar-refractivity contribution in [2.45, 2.75) is 6.54 Å². The van der Waals surface area contributed by atoms with Gasteiger partial charge in [-0.15, -0.1) is 11.3 Å². The molecule has 1 amide bonds. The minimum atomic E-state index is -0.0213. The van der Waals surface area contributed by atoms with Crippen LogP contribution in [0.15, 0.2) is 65.8 Å². The highest BCUT2D eigenvalue weighted by molar-refractivity contribution is 7.15. The SMILES string of the molecule is O=C1NC2=Cc3ccccc3CN2c2scc(-c3ccccc3)c21. The fraction of sp³-hybridized carbons (Fsp3) is 0.0500. The van der Waals surface area contributed by atoms with Crippen LogP contribution in [-0.4, -0.2) is 5.91 Å². The number of benzene rings is 2. The van der Waals surface area contributed by atoms with Crippen LogP contribution in [0.3, 0.4) is 0 Å². The summed E-state index contributed by atoms with van der Waals surface area (Å²) >= 11 is 1.64. The van der Waals surface area contributed by atoms with Gasteiger partial charge in [0.15, 0.2) is 0 Å². The molecule has 116 valence electrons. The molecule has 0 aliphatic carbocycles. The minimum absolute atomic E-state index is 0.0213. The third-order valence-corrected chi connectivity index (χ3v) is 5.54. The molecule has 3 aromatic rings. The number of nitrogens with zero attached hydrogens (tertiary/aromatic N) is 1. The predicted octanol–water partition coefficient (Wildman–Crippen LogP) is 4.48. The van der Waals surface area contributed by atoms with E-state index in [4.69, 9.17) is 0 Å². The smallest absolute Gasteiger partial charge is 0.260 e. The van der Waals surface area contributed by atoms with Gasteiger partial charge in [0.1, 0.15) is 10.8 Å². The summed E-state index contributed by atoms with van der Waals surface area (Å²) in [6.45, 7) is 0.782. The molecule has 5 rings (SSSR count). The molecule has 0 spiro atoms. The van der Waals surface area contributed by atoms with Crippen molar-refractivity contribution in [2.24, 2.45) is 0 Å². The summed E-state index contributed by atoms with van der Waals surface area (Å²) in [5.74, 6) is 0.847. The Morgan fingerprint density at radius 1 is 1.00 bits per heavy atom. The molecule has 0 atom stereocenters. The molecule has 0 saturated carbocycles. The molecule has 2 aliphatic rings. The van der Waals surface area contributed by atoms with Gasteiger partial charge >= 0.3 is 0 Å². The van der Waals surface area contributed by atoms with E-state index in [9.17, 15) is 4.79 Å². The van der Waals surface area contributed by atoms with E-state index in [2.05, 4.69) is 39.9 Å². The van der Waals surface area contributed by atoms with Crippen molar-refractivity contribution in [3.63, 3.8) is 0 Å². The fourth-order valence-corrected chi connectivity index (χ4v) is 4.45. The van der Waals surface area contributed by atoms with Crippen LogP contribution in [0.25, 0.3) is 17.2 Å². The molecule has 0 saturated heterocycles. The number of carbonyl (C=O) groups is 1. The largest absolute Gasteiger partial charge is 0.314 e. The maximum absolute atomic E-state index is 12.7. The molecule has 1 N–H and O–H groups in total. The molecule has 4 heteroatoms. The molecule has 0 radical (unpaired) electrons. The number of nitrogens with one attached hydrogen (secondary N) is 1. The molecule has 3 nitrogen and oxygen atoms in total. The number of rotatable bonds is 1. The number of anilines is 1. The van der Waals surface area contributed by atoms with Gasteiger partial charge in [-0.05, 0) is 22.8 Å². The summed E-state index contributed by atoms with van der Waals surface area (Å²) in [5.41, 5.74) is 5.31. The van der Waals surface area contributed by atoms with Crippen molar-refractivity contribution in [3.8, 4) is 11.1 Å². The molecular formula is C20H14N2OS. The van der Waals surface area contributed by atoms with Crippen molar-refractivity contribution < 1.29 is 4.79 Å². The van der Waals surface area contributed by atoms with E-state index < -0.39 is 0 Å². The quantitative estimate of drug-likeness (QED) is 0.713. The first-order chi connectivity index (χ1) is 11.8. The second-order valence-corrected chi connectivity index (χ2v) is 6.82. The summed E-state index contributed by atoms with van der Waals surface area (Å²) in [7, 11) is 0. The molecule has 1 aromatic heterocycles. The topological polar surface area (TPSA) is 32.3 Å². The average molecular weight is 330 g/mol. The van der Waals surface area contributed by atoms with Gasteiger partial charge in [0, 0.05) is 10.9 Å². The highest BCUT2D eigenvalue weighted by Crippen LogP contribution is 2.43. The molecular weight excluding hydrogens is 316 g/mol. The monoisotopic (exact) mass is 330 g/mol. The van der Waals surface area contributed by atoms with Crippen LogP contribution in [-0.2, 0) is 6.54 Å². The van der Waals surface area contributed by atoms with Crippen LogP contribution >= 0.6 is 11.3 Å². The highest BCUT2D eigenvalue weighted by Gasteiger charge is 2.33. The lowest BCUT2D eigenvalue weighted by atomic mass is 9.99. The van der Waals surface area contributed by atoms with E-state index in [1.165, 1.54) is 11.1 Å². The van der Waals surface area contributed by atoms with Gasteiger partial charge in [0.25, 0.3) is 5.91 Å². The van der Waals surface area contributed by atoms with Crippen molar-refractivity contribution >= 4 is 28.3 Å². The van der Waals surface area contributed by atoms with Gasteiger partial charge in [-0.2, -0.15) is 0 Å². The van der Waals surface area contributed by atoms with E-state index in [1.54, 1.807) is 11.3 Å². The first kappa shape index (κ1) is 13.6. The average Bonchev–Trinajstić information content (AvgIpc) is 3.07. The Bertz CT molecular complexity index is 988. The Morgan fingerprint density at radius 2 is 1.79 bits per heavy atom. The summed E-state index contributed by atoms with van der Waals surface area (Å²) in [4.78, 5) is 14.9. The lowest BCUT2D eigenvalue weighted by molar-refractivity contribution is 0.0962. The maximum Gasteiger partial charge on any atom is 0.260 e. The Kier molecular flexibility index (Phi) is 2.87. The Balaban J connectivity index is 1.66. The molecule has 2 aromatic carbocycles. The van der Waals surface area contributed by atoms with Gasteiger partial charge < -0.3 is 10.2 Å². The van der Waals surface area contributed by atoms with Gasteiger partial charge in [-0.1, -0.05) is 54.6 Å². The lowest BCUT2D eigenvalue weighted by Crippen LogP contribution is -2.41. The van der Waals surface area contributed by atoms with E-state index in [1.807, 2.05) is 36.4 Å². The highest BCUT2D eigenvalue weighted by atomic mass is 32.1. The van der Waals surface area contributed by atoms with E-state index in [-0.39, 0.29) is 5.91 Å². The number of fused-ring (bicyclic) bond motifs is 4. The summed E-state index contributed by atoms with van der Waals surface area (Å²) in [6, 6.07) is 18.4. The second-order valence-electron chi connectivity index (χ2n) is 5.96. The van der Waals surface area contributed by atoms with Crippen LogP contribution in [0, 0.1) is 0 Å². The normalized spacial score (nSPS) is 15.1. The molecule has 0 fully saturated rings. The van der Waals surface area contributed by atoms with Crippen molar-refractivity contribution in [3.05, 3.63) is 82.5 Å². The minimum Gasteiger partial charge on any atom is -0.314 e. The van der Waals surface area contributed by atoms with Gasteiger partial charge in [0.05, 0.1) is 12.1 Å².